The van der Waals surface area contributed by atoms with Crippen molar-refractivity contribution in [3.8, 4) is 11.5 Å². The van der Waals surface area contributed by atoms with Crippen molar-refractivity contribution in [2.75, 3.05) is 24.7 Å². The Morgan fingerprint density at radius 2 is 1.88 bits per heavy atom. The fourth-order valence-electron chi connectivity index (χ4n) is 4.44. The first-order valence-electron chi connectivity index (χ1n) is 10.9. The summed E-state index contributed by atoms with van der Waals surface area (Å²) in [7, 11) is 0. The number of H-pyrrole nitrogens is 1. The molecule has 2 aromatic carbocycles. The molecule has 8 nitrogen and oxygen atoms in total. The molecule has 1 fully saturated rings. The summed E-state index contributed by atoms with van der Waals surface area (Å²) in [5.41, 5.74) is 2.74. The smallest absolute Gasteiger partial charge is 0.312 e. The highest BCUT2D eigenvalue weighted by molar-refractivity contribution is 6.11. The summed E-state index contributed by atoms with van der Waals surface area (Å²) in [6.45, 7) is 4.50. The van der Waals surface area contributed by atoms with Crippen molar-refractivity contribution in [2.45, 2.75) is 26.4 Å². The molecule has 3 heterocycles. The van der Waals surface area contributed by atoms with E-state index in [4.69, 9.17) is 14.2 Å². The van der Waals surface area contributed by atoms with E-state index < -0.39 is 18.0 Å². The highest BCUT2D eigenvalue weighted by Gasteiger charge is 2.38. The maximum atomic E-state index is 13.1. The van der Waals surface area contributed by atoms with Crippen LogP contribution >= 0.6 is 0 Å². The number of hydrogen-bond donors (Lipinski definition) is 1. The number of carbonyl (C=O) groups is 3. The first-order chi connectivity index (χ1) is 15.9. The third kappa shape index (κ3) is 3.82. The molecular formula is C25H24N2O6. The number of benzene rings is 2. The molecule has 1 aromatic heterocycles. The van der Waals surface area contributed by atoms with Crippen molar-refractivity contribution < 1.29 is 28.6 Å². The molecule has 0 bridgehead atoms. The molecule has 1 saturated heterocycles. The lowest BCUT2D eigenvalue weighted by Crippen LogP contribution is -2.30. The van der Waals surface area contributed by atoms with Crippen LogP contribution in [0.25, 0.3) is 10.9 Å². The highest BCUT2D eigenvalue weighted by Crippen LogP contribution is 2.36. The number of amides is 1. The molecule has 5 rings (SSSR count). The van der Waals surface area contributed by atoms with E-state index in [-0.39, 0.29) is 24.7 Å². The quantitative estimate of drug-likeness (QED) is 0.475. The van der Waals surface area contributed by atoms with Crippen LogP contribution in [0.5, 0.6) is 11.5 Å². The standard InChI is InChI=1S/C25H24N2O6/c1-14-23(18-5-3-4-6-19(18)26-14)24(29)15(2)33-25(30)16-11-22(28)27(13-16)17-7-8-20-21(12-17)32-10-9-31-20/h3-8,12,15-16,26H,9-11,13H2,1-2H3/t15-,16-/m1/s1. The first kappa shape index (κ1) is 21.1. The number of rotatable bonds is 5. The number of ketones is 1. The molecule has 2 aliphatic rings. The molecule has 33 heavy (non-hydrogen) atoms. The summed E-state index contributed by atoms with van der Waals surface area (Å²) >= 11 is 0. The van der Waals surface area contributed by atoms with Gasteiger partial charge in [-0.05, 0) is 32.0 Å². The van der Waals surface area contributed by atoms with Crippen LogP contribution in [0.15, 0.2) is 42.5 Å². The van der Waals surface area contributed by atoms with Crippen molar-refractivity contribution >= 4 is 34.3 Å². The average molecular weight is 448 g/mol. The number of aryl methyl sites for hydroxylation is 1. The molecular weight excluding hydrogens is 424 g/mol. The van der Waals surface area contributed by atoms with Crippen molar-refractivity contribution in [2.24, 2.45) is 5.92 Å². The molecule has 0 aliphatic carbocycles. The van der Waals surface area contributed by atoms with Gasteiger partial charge in [0.2, 0.25) is 11.7 Å². The molecule has 0 saturated carbocycles. The SMILES string of the molecule is Cc1[nH]c2ccccc2c1C(=O)[C@@H](C)OC(=O)[C@@H]1CC(=O)N(c2ccc3c(c2)OCCO3)C1. The predicted octanol–water partition coefficient (Wildman–Crippen LogP) is 3.42. The van der Waals surface area contributed by atoms with Crippen LogP contribution in [-0.4, -0.2) is 48.5 Å². The van der Waals surface area contributed by atoms with Gasteiger partial charge in [0.1, 0.15) is 13.2 Å². The van der Waals surface area contributed by atoms with Gasteiger partial charge in [0.05, 0.1) is 5.92 Å². The van der Waals surface area contributed by atoms with Gasteiger partial charge in [-0.2, -0.15) is 0 Å². The Labute approximate surface area is 190 Å². The van der Waals surface area contributed by atoms with Gasteiger partial charge >= 0.3 is 5.97 Å². The van der Waals surface area contributed by atoms with Crippen molar-refractivity contribution in [3.05, 3.63) is 53.7 Å². The lowest BCUT2D eigenvalue weighted by atomic mass is 10.0. The molecule has 170 valence electrons. The minimum atomic E-state index is -0.964. The van der Waals surface area contributed by atoms with Crippen LogP contribution in [-0.2, 0) is 14.3 Å². The van der Waals surface area contributed by atoms with E-state index in [1.807, 2.05) is 31.2 Å². The zero-order valence-corrected chi connectivity index (χ0v) is 18.4. The largest absolute Gasteiger partial charge is 0.486 e. The summed E-state index contributed by atoms with van der Waals surface area (Å²) < 4.78 is 16.6. The Kier molecular flexibility index (Phi) is 5.28. The van der Waals surface area contributed by atoms with Crippen molar-refractivity contribution in [1.82, 2.24) is 4.98 Å². The van der Waals surface area contributed by atoms with Crippen LogP contribution in [0.3, 0.4) is 0 Å². The number of esters is 1. The Morgan fingerprint density at radius 3 is 2.70 bits per heavy atom. The Morgan fingerprint density at radius 1 is 1.12 bits per heavy atom. The number of Topliss-reactive ketones (excluding diaryl/α,β-unsaturated/α-hetero) is 1. The maximum Gasteiger partial charge on any atom is 0.312 e. The van der Waals surface area contributed by atoms with Crippen LogP contribution in [0.4, 0.5) is 5.69 Å². The van der Waals surface area contributed by atoms with Crippen LogP contribution in [0.2, 0.25) is 0 Å². The number of carbonyl (C=O) groups excluding carboxylic acids is 3. The van der Waals surface area contributed by atoms with Crippen molar-refractivity contribution in [1.29, 1.82) is 0 Å². The second-order valence-corrected chi connectivity index (χ2v) is 8.35. The van der Waals surface area contributed by atoms with Crippen LogP contribution < -0.4 is 14.4 Å². The predicted molar refractivity (Wildman–Crippen MR) is 121 cm³/mol. The number of nitrogens with one attached hydrogen (secondary N) is 1. The molecule has 2 atom stereocenters. The van der Waals surface area contributed by atoms with Gasteiger partial charge in [-0.25, -0.2) is 0 Å². The highest BCUT2D eigenvalue weighted by atomic mass is 16.6. The number of nitrogens with zero attached hydrogens (tertiary/aromatic N) is 1. The number of hydrogen-bond acceptors (Lipinski definition) is 6. The van der Waals surface area contributed by atoms with Crippen molar-refractivity contribution in [3.63, 3.8) is 0 Å². The van der Waals surface area contributed by atoms with Crippen LogP contribution in [0.1, 0.15) is 29.4 Å². The second kappa shape index (κ2) is 8.27. The summed E-state index contributed by atoms with van der Waals surface area (Å²) in [6, 6.07) is 12.8. The monoisotopic (exact) mass is 448 g/mol. The topological polar surface area (TPSA) is 97.9 Å². The number of fused-ring (bicyclic) bond motifs is 2. The fourth-order valence-corrected chi connectivity index (χ4v) is 4.44. The van der Waals surface area contributed by atoms with Gasteiger partial charge < -0.3 is 24.1 Å². The fraction of sp³-hybridized carbons (Fsp3) is 0.320. The number of ether oxygens (including phenoxy) is 3. The van der Waals surface area contributed by atoms with E-state index >= 15 is 0 Å². The normalized spacial score (nSPS) is 18.4. The third-order valence-electron chi connectivity index (χ3n) is 6.10. The number of para-hydroxylation sites is 1. The van der Waals surface area contributed by atoms with Gasteiger partial charge in [0.15, 0.2) is 17.6 Å². The Balaban J connectivity index is 1.28. The maximum absolute atomic E-state index is 13.1. The van der Waals surface area contributed by atoms with Gasteiger partial charge in [0.25, 0.3) is 0 Å². The van der Waals surface area contributed by atoms with Crippen LogP contribution in [0, 0.1) is 12.8 Å². The first-order valence-corrected chi connectivity index (χ1v) is 10.9. The molecule has 0 unspecified atom stereocenters. The lowest BCUT2D eigenvalue weighted by Gasteiger charge is -2.22. The van der Waals surface area contributed by atoms with E-state index in [2.05, 4.69) is 4.98 Å². The second-order valence-electron chi connectivity index (χ2n) is 8.35. The van der Waals surface area contributed by atoms with Gasteiger partial charge in [-0.3, -0.25) is 14.4 Å². The van der Waals surface area contributed by atoms with E-state index in [9.17, 15) is 14.4 Å². The molecule has 2 aliphatic heterocycles. The Bertz CT molecular complexity index is 1260. The summed E-state index contributed by atoms with van der Waals surface area (Å²) in [5.74, 6) is -0.448. The minimum absolute atomic E-state index is 0.0281. The van der Waals surface area contributed by atoms with E-state index in [1.165, 1.54) is 0 Å². The van der Waals surface area contributed by atoms with Gasteiger partial charge in [-0.15, -0.1) is 0 Å². The Hall–Kier alpha value is -3.81. The summed E-state index contributed by atoms with van der Waals surface area (Å²) in [5, 5.41) is 0.795. The van der Waals surface area contributed by atoms with E-state index in [0.717, 1.165) is 16.6 Å². The minimum Gasteiger partial charge on any atom is -0.486 e. The number of aromatic amines is 1. The number of aromatic nitrogens is 1. The molecule has 1 N–H and O–H groups in total. The summed E-state index contributed by atoms with van der Waals surface area (Å²) in [6.07, 6.45) is -0.936. The van der Waals surface area contributed by atoms with Gasteiger partial charge in [0, 0.05) is 46.9 Å². The lowest BCUT2D eigenvalue weighted by molar-refractivity contribution is -0.151. The molecule has 8 heteroatoms. The van der Waals surface area contributed by atoms with E-state index in [1.54, 1.807) is 30.0 Å². The summed E-state index contributed by atoms with van der Waals surface area (Å²) in [4.78, 5) is 43.3. The zero-order chi connectivity index (χ0) is 23.1. The molecule has 1 amide bonds. The number of anilines is 1. The molecule has 0 spiro atoms. The van der Waals surface area contributed by atoms with Gasteiger partial charge in [-0.1, -0.05) is 18.2 Å². The third-order valence-corrected chi connectivity index (χ3v) is 6.10. The van der Waals surface area contributed by atoms with E-state index in [0.29, 0.717) is 36.0 Å². The molecule has 0 radical (unpaired) electrons. The molecule has 3 aromatic rings. The zero-order valence-electron chi connectivity index (χ0n) is 18.4. The average Bonchev–Trinajstić information content (AvgIpc) is 3.37.